The van der Waals surface area contributed by atoms with Gasteiger partial charge in [-0.2, -0.15) is 0 Å². The van der Waals surface area contributed by atoms with Crippen LogP contribution in [0.4, 0.5) is 22.4 Å². The largest absolute Gasteiger partial charge is 0.365 e. The first kappa shape index (κ1) is 22.9. The highest BCUT2D eigenvalue weighted by Gasteiger charge is 2.44. The van der Waals surface area contributed by atoms with Gasteiger partial charge in [0, 0.05) is 31.4 Å². The summed E-state index contributed by atoms with van der Waals surface area (Å²) in [6.07, 6.45) is -3.73. The zero-order chi connectivity index (χ0) is 22.2. The summed E-state index contributed by atoms with van der Waals surface area (Å²) in [5.74, 6) is -0.484. The van der Waals surface area contributed by atoms with E-state index in [1.165, 1.54) is 0 Å². The molecule has 30 heavy (non-hydrogen) atoms. The second-order valence-electron chi connectivity index (χ2n) is 9.19. The maximum atomic E-state index is 14.3. The van der Waals surface area contributed by atoms with Crippen molar-refractivity contribution in [1.82, 2.24) is 15.5 Å². The molecule has 2 N–H and O–H groups in total. The topological polar surface area (TPSA) is 44.4 Å². The van der Waals surface area contributed by atoms with E-state index in [0.29, 0.717) is 12.8 Å². The maximum Gasteiger partial charge on any atom is 0.317 e. The summed E-state index contributed by atoms with van der Waals surface area (Å²) in [5.41, 5.74) is 1.83. The van der Waals surface area contributed by atoms with Gasteiger partial charge in [-0.05, 0) is 55.9 Å². The molecule has 3 rings (SSSR count). The number of urea groups is 1. The lowest BCUT2D eigenvalue weighted by atomic mass is 9.65. The van der Waals surface area contributed by atoms with Crippen molar-refractivity contribution >= 4 is 6.03 Å². The highest BCUT2D eigenvalue weighted by molar-refractivity contribution is 5.74. The molecule has 0 aromatic heterocycles. The summed E-state index contributed by atoms with van der Waals surface area (Å²) in [7, 11) is 1.66. The Morgan fingerprint density at radius 1 is 1.23 bits per heavy atom. The monoisotopic (exact) mass is 431 g/mol. The summed E-state index contributed by atoms with van der Waals surface area (Å²) in [4.78, 5) is 14.2. The van der Waals surface area contributed by atoms with Gasteiger partial charge in [0.25, 0.3) is 0 Å². The minimum absolute atomic E-state index is 0.0217. The lowest BCUT2D eigenvalue weighted by Gasteiger charge is -2.45. The number of fused-ring (bicyclic) bond motifs is 1. The molecule has 0 aromatic rings. The van der Waals surface area contributed by atoms with E-state index in [-0.39, 0.29) is 49.2 Å². The SMILES string of the molecule is C=C1NC=C(C(C)N(C)C(=O)NCC2CC(F)[C@H](F)[C@H](F)C2)C2CCC(F)C(C)[C@@H]12. The fourth-order valence-corrected chi connectivity index (χ4v) is 5.26. The van der Waals surface area contributed by atoms with E-state index in [0.717, 1.165) is 11.3 Å². The van der Waals surface area contributed by atoms with Gasteiger partial charge < -0.3 is 15.5 Å². The third kappa shape index (κ3) is 4.47. The molecular formula is C22H33F4N3O. The Kier molecular flexibility index (Phi) is 7.02. The average molecular weight is 432 g/mol. The van der Waals surface area contributed by atoms with Crippen LogP contribution < -0.4 is 10.6 Å². The fraction of sp³-hybridized carbons (Fsp3) is 0.773. The highest BCUT2D eigenvalue weighted by atomic mass is 19.2. The van der Waals surface area contributed by atoms with Crippen molar-refractivity contribution in [3.05, 3.63) is 24.0 Å². The van der Waals surface area contributed by atoms with Crippen LogP contribution in [0.15, 0.2) is 24.0 Å². The lowest BCUT2D eigenvalue weighted by Crippen LogP contribution is -2.50. The standard InChI is InChI=1S/C22H33F4N3O/c1-11-17(23)6-5-15-16(10-27-12(2)20(11)15)13(3)29(4)22(30)28-9-14-7-18(24)21(26)19(25)8-14/h10-11,13-15,17-21,27H,2,5-9H2,1,3-4H3,(H,28,30)/t11?,13?,14?,15?,17?,18-,19?,20+,21-/m1/s1. The average Bonchev–Trinajstić information content (AvgIpc) is 2.71. The molecule has 1 heterocycles. The van der Waals surface area contributed by atoms with Gasteiger partial charge in [0.05, 0.1) is 6.04 Å². The van der Waals surface area contributed by atoms with Crippen molar-refractivity contribution in [2.45, 2.75) is 70.3 Å². The van der Waals surface area contributed by atoms with Gasteiger partial charge in [-0.1, -0.05) is 13.5 Å². The molecule has 9 atom stereocenters. The smallest absolute Gasteiger partial charge is 0.317 e. The molecule has 2 fully saturated rings. The Labute approximate surface area is 176 Å². The van der Waals surface area contributed by atoms with E-state index >= 15 is 0 Å². The van der Waals surface area contributed by atoms with Crippen LogP contribution in [0, 0.1) is 23.7 Å². The van der Waals surface area contributed by atoms with Gasteiger partial charge in [-0.3, -0.25) is 0 Å². The number of amides is 2. The van der Waals surface area contributed by atoms with Crippen LogP contribution in [0.1, 0.15) is 39.5 Å². The first-order valence-electron chi connectivity index (χ1n) is 10.8. The van der Waals surface area contributed by atoms with Crippen molar-refractivity contribution in [2.24, 2.45) is 23.7 Å². The van der Waals surface area contributed by atoms with Gasteiger partial charge >= 0.3 is 6.03 Å². The number of allylic oxidation sites excluding steroid dienone is 1. The molecule has 0 saturated heterocycles. The Bertz CT molecular complexity index is 675. The fourth-order valence-electron chi connectivity index (χ4n) is 5.26. The van der Waals surface area contributed by atoms with Crippen LogP contribution in [0.25, 0.3) is 0 Å². The quantitative estimate of drug-likeness (QED) is 0.647. The number of carbonyl (C=O) groups is 1. The zero-order valence-corrected chi connectivity index (χ0v) is 17.9. The Balaban J connectivity index is 1.60. The van der Waals surface area contributed by atoms with Crippen LogP contribution in [0.2, 0.25) is 0 Å². The maximum absolute atomic E-state index is 14.3. The molecule has 6 unspecified atom stereocenters. The van der Waals surface area contributed by atoms with Crippen LogP contribution in [-0.2, 0) is 0 Å². The van der Waals surface area contributed by atoms with E-state index < -0.39 is 30.6 Å². The molecule has 2 saturated carbocycles. The van der Waals surface area contributed by atoms with Crippen molar-refractivity contribution in [1.29, 1.82) is 0 Å². The molecule has 0 radical (unpaired) electrons. The Morgan fingerprint density at radius 3 is 2.50 bits per heavy atom. The lowest BCUT2D eigenvalue weighted by molar-refractivity contribution is 0.0184. The number of nitrogens with one attached hydrogen (secondary N) is 2. The van der Waals surface area contributed by atoms with Gasteiger partial charge in [0.15, 0.2) is 6.17 Å². The Hall–Kier alpha value is -1.73. The predicted octanol–water partition coefficient (Wildman–Crippen LogP) is 4.44. The molecular weight excluding hydrogens is 398 g/mol. The summed E-state index contributed by atoms with van der Waals surface area (Å²) >= 11 is 0. The van der Waals surface area contributed by atoms with Crippen molar-refractivity contribution in [3.63, 3.8) is 0 Å². The third-order valence-electron chi connectivity index (χ3n) is 7.31. The van der Waals surface area contributed by atoms with E-state index in [4.69, 9.17) is 0 Å². The number of likely N-dealkylation sites (N-methyl/N-ethyl adjacent to an activating group) is 1. The number of hydrogen-bond acceptors (Lipinski definition) is 2. The third-order valence-corrected chi connectivity index (χ3v) is 7.31. The molecule has 3 aliphatic rings. The summed E-state index contributed by atoms with van der Waals surface area (Å²) < 4.78 is 54.8. The van der Waals surface area contributed by atoms with Crippen LogP contribution >= 0.6 is 0 Å². The van der Waals surface area contributed by atoms with E-state index in [1.807, 2.05) is 20.0 Å². The number of carbonyl (C=O) groups excluding carboxylic acids is 1. The molecule has 0 aromatic carbocycles. The number of rotatable bonds is 4. The van der Waals surface area contributed by atoms with Gasteiger partial charge in [-0.15, -0.1) is 0 Å². The molecule has 170 valence electrons. The van der Waals surface area contributed by atoms with Crippen LogP contribution in [0.3, 0.4) is 0 Å². The second kappa shape index (κ2) is 9.18. The molecule has 4 nitrogen and oxygen atoms in total. The van der Waals surface area contributed by atoms with Gasteiger partial charge in [0.1, 0.15) is 18.5 Å². The van der Waals surface area contributed by atoms with E-state index in [1.54, 1.807) is 11.9 Å². The minimum Gasteiger partial charge on any atom is -0.365 e. The van der Waals surface area contributed by atoms with Crippen molar-refractivity contribution in [2.75, 3.05) is 13.6 Å². The van der Waals surface area contributed by atoms with Crippen LogP contribution in [0.5, 0.6) is 0 Å². The molecule has 0 spiro atoms. The van der Waals surface area contributed by atoms with Crippen LogP contribution in [-0.4, -0.2) is 55.3 Å². The Morgan fingerprint density at radius 2 is 1.87 bits per heavy atom. The van der Waals surface area contributed by atoms with E-state index in [9.17, 15) is 22.4 Å². The normalized spacial score (nSPS) is 40.0. The number of hydrogen-bond donors (Lipinski definition) is 2. The predicted molar refractivity (Wildman–Crippen MR) is 109 cm³/mol. The van der Waals surface area contributed by atoms with Gasteiger partial charge in [0.2, 0.25) is 0 Å². The molecule has 2 amide bonds. The second-order valence-corrected chi connectivity index (χ2v) is 9.19. The molecule has 0 bridgehead atoms. The molecule has 2 aliphatic carbocycles. The number of halogens is 4. The highest BCUT2D eigenvalue weighted by Crippen LogP contribution is 2.46. The van der Waals surface area contributed by atoms with Crippen molar-refractivity contribution < 1.29 is 22.4 Å². The minimum atomic E-state index is -2.07. The summed E-state index contributed by atoms with van der Waals surface area (Å²) in [6, 6.07) is -0.601. The van der Waals surface area contributed by atoms with E-state index in [2.05, 4.69) is 17.2 Å². The number of nitrogens with zero attached hydrogens (tertiary/aromatic N) is 1. The molecule has 8 heteroatoms. The van der Waals surface area contributed by atoms with Crippen molar-refractivity contribution in [3.8, 4) is 0 Å². The summed E-state index contributed by atoms with van der Waals surface area (Å²) in [5, 5.41) is 5.88. The first-order valence-corrected chi connectivity index (χ1v) is 10.8. The summed E-state index contributed by atoms with van der Waals surface area (Å²) in [6.45, 7) is 7.97. The van der Waals surface area contributed by atoms with Gasteiger partial charge in [-0.25, -0.2) is 22.4 Å². The first-order chi connectivity index (χ1) is 14.1. The molecule has 1 aliphatic heterocycles. The zero-order valence-electron chi connectivity index (χ0n) is 17.9. The number of alkyl halides is 4.